The van der Waals surface area contributed by atoms with Crippen molar-refractivity contribution in [1.29, 1.82) is 0 Å². The molecule has 94 valence electrons. The first-order chi connectivity index (χ1) is 8.45. The highest BCUT2D eigenvalue weighted by atomic mass is 35.5. The van der Waals surface area contributed by atoms with Crippen molar-refractivity contribution in [2.24, 2.45) is 0 Å². The third-order valence-electron chi connectivity index (χ3n) is 2.42. The lowest BCUT2D eigenvalue weighted by molar-refractivity contribution is -0.138. The molecule has 2 rings (SSSR count). The monoisotopic (exact) mass is 288 g/mol. The van der Waals surface area contributed by atoms with Gasteiger partial charge in [0.05, 0.1) is 12.1 Å². The van der Waals surface area contributed by atoms with E-state index in [1.165, 1.54) is 7.11 Å². The number of cyclic esters (lactones) is 1. The molecule has 0 saturated carbocycles. The molecular weight excluding hydrogens is 283 g/mol. The van der Waals surface area contributed by atoms with Gasteiger partial charge in [0, 0.05) is 17.7 Å². The Morgan fingerprint density at radius 3 is 2.33 bits per heavy atom. The molecular formula is C11H6Cl2O5. The Morgan fingerprint density at radius 2 is 1.83 bits per heavy atom. The van der Waals surface area contributed by atoms with Crippen LogP contribution >= 0.6 is 23.2 Å². The molecule has 0 spiro atoms. The Balaban J connectivity index is 2.36. The lowest BCUT2D eigenvalue weighted by Gasteiger charge is -2.16. The maximum atomic E-state index is 11.8. The Hall–Kier alpha value is -1.59. The van der Waals surface area contributed by atoms with E-state index >= 15 is 0 Å². The largest absolute Gasteiger partial charge is 0.493 e. The van der Waals surface area contributed by atoms with Gasteiger partial charge in [0.15, 0.2) is 17.6 Å². The summed E-state index contributed by atoms with van der Waals surface area (Å²) in [4.78, 5) is 34.5. The smallest absolute Gasteiger partial charge is 0.352 e. The lowest BCUT2D eigenvalue weighted by Crippen LogP contribution is -2.24. The van der Waals surface area contributed by atoms with Gasteiger partial charge in [-0.25, -0.2) is 4.79 Å². The van der Waals surface area contributed by atoms with Crippen molar-refractivity contribution in [1.82, 2.24) is 0 Å². The van der Waals surface area contributed by atoms with E-state index in [1.54, 1.807) is 0 Å². The quantitative estimate of drug-likeness (QED) is 0.564. The molecule has 1 heterocycles. The molecule has 1 aliphatic carbocycles. The predicted molar refractivity (Wildman–Crippen MR) is 61.8 cm³/mol. The fourth-order valence-corrected chi connectivity index (χ4v) is 1.93. The zero-order valence-corrected chi connectivity index (χ0v) is 10.5. The second-order valence-corrected chi connectivity index (χ2v) is 4.27. The van der Waals surface area contributed by atoms with Crippen molar-refractivity contribution < 1.29 is 23.9 Å². The average molecular weight is 289 g/mol. The normalized spacial score (nSPS) is 23.9. The van der Waals surface area contributed by atoms with E-state index in [0.29, 0.717) is 0 Å². The molecule has 1 unspecified atom stereocenters. The molecule has 2 aliphatic rings. The Bertz CT molecular complexity index is 556. The van der Waals surface area contributed by atoms with Gasteiger partial charge in [-0.05, 0) is 0 Å². The van der Waals surface area contributed by atoms with Crippen LogP contribution in [0.5, 0.6) is 0 Å². The first-order valence-electron chi connectivity index (χ1n) is 4.77. The van der Waals surface area contributed by atoms with E-state index in [9.17, 15) is 14.4 Å². The summed E-state index contributed by atoms with van der Waals surface area (Å²) in [7, 11) is 1.27. The Labute approximate surface area is 112 Å². The number of halogens is 2. The summed E-state index contributed by atoms with van der Waals surface area (Å²) in [5.41, 5.74) is -0.0465. The summed E-state index contributed by atoms with van der Waals surface area (Å²) in [5, 5.41) is -0.396. The van der Waals surface area contributed by atoms with Crippen LogP contribution in [0.1, 0.15) is 0 Å². The molecule has 0 fully saturated rings. The zero-order valence-electron chi connectivity index (χ0n) is 9.03. The summed E-state index contributed by atoms with van der Waals surface area (Å²) in [5.74, 6) is -1.93. The van der Waals surface area contributed by atoms with Crippen LogP contribution in [-0.2, 0) is 23.9 Å². The van der Waals surface area contributed by atoms with E-state index in [1.807, 2.05) is 0 Å². The van der Waals surface area contributed by atoms with Crippen molar-refractivity contribution in [2.45, 2.75) is 6.10 Å². The summed E-state index contributed by atoms with van der Waals surface area (Å²) >= 11 is 11.4. The summed E-state index contributed by atoms with van der Waals surface area (Å²) in [6.07, 6.45) is 0.913. The number of rotatable bonds is 2. The van der Waals surface area contributed by atoms with Crippen LogP contribution in [0.2, 0.25) is 0 Å². The van der Waals surface area contributed by atoms with Gasteiger partial charge in [-0.3, -0.25) is 9.59 Å². The van der Waals surface area contributed by atoms with Crippen LogP contribution in [-0.4, -0.2) is 30.7 Å². The van der Waals surface area contributed by atoms with Crippen LogP contribution in [0.3, 0.4) is 0 Å². The van der Waals surface area contributed by atoms with Crippen LogP contribution in [0.25, 0.3) is 0 Å². The van der Waals surface area contributed by atoms with Crippen LogP contribution < -0.4 is 0 Å². The maximum Gasteiger partial charge on any atom is 0.352 e. The first-order valence-corrected chi connectivity index (χ1v) is 5.53. The van der Waals surface area contributed by atoms with Gasteiger partial charge >= 0.3 is 5.97 Å². The molecule has 0 aromatic carbocycles. The molecule has 0 aromatic heterocycles. The number of ketones is 2. The molecule has 0 saturated heterocycles. The van der Waals surface area contributed by atoms with Crippen LogP contribution in [0.4, 0.5) is 0 Å². The van der Waals surface area contributed by atoms with Gasteiger partial charge in [-0.2, -0.15) is 0 Å². The Morgan fingerprint density at radius 1 is 1.17 bits per heavy atom. The van der Waals surface area contributed by atoms with Crippen molar-refractivity contribution in [3.8, 4) is 0 Å². The molecule has 0 N–H and O–H groups in total. The molecule has 5 nitrogen and oxygen atoms in total. The molecule has 0 radical (unpaired) electrons. The number of ether oxygens (including phenoxy) is 2. The minimum atomic E-state index is -1.13. The average Bonchev–Trinajstić information content (AvgIpc) is 2.59. The highest BCUT2D eigenvalue weighted by molar-refractivity contribution is 6.49. The minimum Gasteiger partial charge on any atom is -0.493 e. The number of methoxy groups -OCH3 is 1. The van der Waals surface area contributed by atoms with E-state index in [4.69, 9.17) is 32.7 Å². The van der Waals surface area contributed by atoms with E-state index in [0.717, 1.165) is 12.2 Å². The Kier molecular flexibility index (Phi) is 3.28. The molecule has 1 atom stereocenters. The molecule has 0 bridgehead atoms. The maximum absolute atomic E-state index is 11.8. The third kappa shape index (κ3) is 1.95. The standard InChI is InChI=1S/C11H6Cl2O5/c1-17-7-3-5(14)4(2-6(7)15)10-8(12)9(13)11(16)18-10/h2-3,10H,1H3. The number of carbonyl (C=O) groups excluding carboxylic acids is 3. The first kappa shape index (κ1) is 12.9. The highest BCUT2D eigenvalue weighted by Crippen LogP contribution is 2.34. The number of hydrogen-bond donors (Lipinski definition) is 0. The van der Waals surface area contributed by atoms with Crippen molar-refractivity contribution in [3.05, 3.63) is 33.5 Å². The second kappa shape index (κ2) is 4.59. The van der Waals surface area contributed by atoms with Gasteiger partial charge in [-0.15, -0.1) is 0 Å². The number of hydrogen-bond acceptors (Lipinski definition) is 5. The van der Waals surface area contributed by atoms with E-state index in [2.05, 4.69) is 0 Å². The van der Waals surface area contributed by atoms with Gasteiger partial charge in [0.25, 0.3) is 0 Å². The summed E-state index contributed by atoms with van der Waals surface area (Å²) < 4.78 is 9.55. The van der Waals surface area contributed by atoms with Gasteiger partial charge in [0.1, 0.15) is 5.03 Å². The van der Waals surface area contributed by atoms with Crippen LogP contribution in [0, 0.1) is 0 Å². The number of allylic oxidation sites excluding steroid dienone is 2. The molecule has 0 aromatic rings. The molecule has 0 amide bonds. The molecule has 7 heteroatoms. The second-order valence-electron chi connectivity index (χ2n) is 3.49. The van der Waals surface area contributed by atoms with Gasteiger partial charge in [0.2, 0.25) is 5.78 Å². The minimum absolute atomic E-state index is 0.0465. The highest BCUT2D eigenvalue weighted by Gasteiger charge is 2.38. The predicted octanol–water partition coefficient (Wildman–Crippen LogP) is 1.21. The zero-order chi connectivity index (χ0) is 13.4. The van der Waals surface area contributed by atoms with Crippen molar-refractivity contribution in [3.63, 3.8) is 0 Å². The fraction of sp³-hybridized carbons (Fsp3) is 0.182. The molecule has 18 heavy (non-hydrogen) atoms. The van der Waals surface area contributed by atoms with Crippen LogP contribution in [0.15, 0.2) is 33.5 Å². The summed E-state index contributed by atoms with van der Waals surface area (Å²) in [6, 6.07) is 0. The van der Waals surface area contributed by atoms with E-state index < -0.39 is 23.6 Å². The van der Waals surface area contributed by atoms with Gasteiger partial charge in [-0.1, -0.05) is 23.2 Å². The third-order valence-corrected chi connectivity index (χ3v) is 3.26. The number of carbonyl (C=O) groups is 3. The SMILES string of the molecule is COC1=CC(=O)C(C2OC(=O)C(Cl)=C2Cl)=CC1=O. The van der Waals surface area contributed by atoms with E-state index in [-0.39, 0.29) is 21.4 Å². The fourth-order valence-electron chi connectivity index (χ4n) is 1.54. The number of esters is 1. The van der Waals surface area contributed by atoms with Gasteiger partial charge < -0.3 is 9.47 Å². The summed E-state index contributed by atoms with van der Waals surface area (Å²) in [6.45, 7) is 0. The lowest BCUT2D eigenvalue weighted by atomic mass is 9.97. The van der Waals surface area contributed by atoms with Crippen molar-refractivity contribution >= 4 is 40.7 Å². The molecule has 1 aliphatic heterocycles. The topological polar surface area (TPSA) is 69.7 Å². The van der Waals surface area contributed by atoms with Crippen molar-refractivity contribution in [2.75, 3.05) is 7.11 Å².